The molecule has 7 nitrogen and oxygen atoms in total. The lowest BCUT2D eigenvalue weighted by Crippen LogP contribution is -2.31. The van der Waals surface area contributed by atoms with Crippen LogP contribution in [0.2, 0.25) is 0 Å². The molecule has 138 valence electrons. The lowest BCUT2D eigenvalue weighted by molar-refractivity contribution is 0.0958. The Labute approximate surface area is 155 Å². The van der Waals surface area contributed by atoms with E-state index in [-0.39, 0.29) is 17.1 Å². The molecule has 1 aromatic heterocycles. The SMILES string of the molecule is Cc1ccc(C)c(Nc2ncnc(NNC(=O)c3ccccc3F)c2N)c1. The van der Waals surface area contributed by atoms with Crippen LogP contribution in [0.25, 0.3) is 0 Å². The third-order valence-corrected chi connectivity index (χ3v) is 3.94. The molecule has 8 heteroatoms. The van der Waals surface area contributed by atoms with Crippen molar-refractivity contribution in [2.45, 2.75) is 13.8 Å². The van der Waals surface area contributed by atoms with Crippen molar-refractivity contribution in [3.05, 3.63) is 71.3 Å². The monoisotopic (exact) mass is 366 g/mol. The van der Waals surface area contributed by atoms with Gasteiger partial charge in [-0.3, -0.25) is 15.6 Å². The first-order chi connectivity index (χ1) is 13.0. The molecule has 0 saturated heterocycles. The normalized spacial score (nSPS) is 10.3. The molecule has 0 radical (unpaired) electrons. The zero-order chi connectivity index (χ0) is 19.4. The molecule has 0 saturated carbocycles. The first-order valence-corrected chi connectivity index (χ1v) is 8.21. The number of halogens is 1. The minimum Gasteiger partial charge on any atom is -0.393 e. The van der Waals surface area contributed by atoms with Crippen LogP contribution in [0, 0.1) is 19.7 Å². The Kier molecular flexibility index (Phi) is 5.16. The average molecular weight is 366 g/mol. The van der Waals surface area contributed by atoms with Gasteiger partial charge in [-0.25, -0.2) is 14.4 Å². The van der Waals surface area contributed by atoms with E-state index in [0.717, 1.165) is 16.8 Å². The number of nitrogens with two attached hydrogens (primary N) is 1. The maximum absolute atomic E-state index is 13.7. The second-order valence-corrected chi connectivity index (χ2v) is 5.99. The minimum atomic E-state index is -0.643. The van der Waals surface area contributed by atoms with Gasteiger partial charge in [0.05, 0.1) is 5.56 Å². The standard InChI is InChI=1S/C19H19FN6O/c1-11-7-8-12(2)15(9-11)24-17-16(21)18(23-10-22-17)25-26-19(27)13-5-3-4-6-14(13)20/h3-10H,21H2,1-2H3,(H,26,27)(H2,22,23,24,25). The average Bonchev–Trinajstić information content (AvgIpc) is 2.65. The summed E-state index contributed by atoms with van der Waals surface area (Å²) in [4.78, 5) is 20.3. The van der Waals surface area contributed by atoms with Crippen molar-refractivity contribution < 1.29 is 9.18 Å². The van der Waals surface area contributed by atoms with E-state index in [1.807, 2.05) is 32.0 Å². The van der Waals surface area contributed by atoms with E-state index in [9.17, 15) is 9.18 Å². The molecule has 1 heterocycles. The maximum atomic E-state index is 13.7. The first-order valence-electron chi connectivity index (χ1n) is 8.21. The van der Waals surface area contributed by atoms with Crippen molar-refractivity contribution in [3.63, 3.8) is 0 Å². The highest BCUT2D eigenvalue weighted by molar-refractivity contribution is 5.95. The second-order valence-electron chi connectivity index (χ2n) is 5.99. The Morgan fingerprint density at radius 2 is 1.81 bits per heavy atom. The van der Waals surface area contributed by atoms with Gasteiger partial charge in [-0.05, 0) is 43.2 Å². The summed E-state index contributed by atoms with van der Waals surface area (Å²) >= 11 is 0. The van der Waals surface area contributed by atoms with Crippen LogP contribution < -0.4 is 21.9 Å². The summed E-state index contributed by atoms with van der Waals surface area (Å²) in [5.41, 5.74) is 14.2. The number of nitrogen functional groups attached to an aromatic ring is 1. The number of hydrazine groups is 1. The van der Waals surface area contributed by atoms with E-state index in [1.54, 1.807) is 6.07 Å². The van der Waals surface area contributed by atoms with E-state index in [1.165, 1.54) is 24.5 Å². The van der Waals surface area contributed by atoms with Gasteiger partial charge < -0.3 is 11.1 Å². The molecule has 5 N–H and O–H groups in total. The van der Waals surface area contributed by atoms with E-state index in [2.05, 4.69) is 26.1 Å². The van der Waals surface area contributed by atoms with Gasteiger partial charge in [-0.2, -0.15) is 0 Å². The Morgan fingerprint density at radius 1 is 1.07 bits per heavy atom. The number of hydrogen-bond donors (Lipinski definition) is 4. The molecule has 1 amide bonds. The quantitative estimate of drug-likeness (QED) is 0.516. The number of nitrogens with one attached hydrogen (secondary N) is 3. The van der Waals surface area contributed by atoms with Crippen molar-refractivity contribution >= 4 is 28.9 Å². The fourth-order valence-electron chi connectivity index (χ4n) is 2.42. The van der Waals surface area contributed by atoms with E-state index < -0.39 is 11.7 Å². The summed E-state index contributed by atoms with van der Waals surface area (Å²) in [6, 6.07) is 11.6. The fraction of sp³-hybridized carbons (Fsp3) is 0.105. The molecule has 0 atom stereocenters. The highest BCUT2D eigenvalue weighted by Gasteiger charge is 2.13. The van der Waals surface area contributed by atoms with Crippen LogP contribution in [0.4, 0.5) is 27.4 Å². The van der Waals surface area contributed by atoms with Crippen molar-refractivity contribution in [1.82, 2.24) is 15.4 Å². The molecule has 0 unspecified atom stereocenters. The summed E-state index contributed by atoms with van der Waals surface area (Å²) in [6.07, 6.45) is 1.31. The maximum Gasteiger partial charge on any atom is 0.272 e. The molecular formula is C19H19FN6O. The highest BCUT2D eigenvalue weighted by atomic mass is 19.1. The summed E-state index contributed by atoms with van der Waals surface area (Å²) < 4.78 is 13.7. The zero-order valence-electron chi connectivity index (χ0n) is 14.9. The topological polar surface area (TPSA) is 105 Å². The number of carbonyl (C=O) groups excluding carboxylic acids is 1. The molecule has 0 spiro atoms. The molecular weight excluding hydrogens is 347 g/mol. The Morgan fingerprint density at radius 3 is 2.59 bits per heavy atom. The van der Waals surface area contributed by atoms with Gasteiger partial charge in [0.2, 0.25) is 0 Å². The highest BCUT2D eigenvalue weighted by Crippen LogP contribution is 2.27. The van der Waals surface area contributed by atoms with Gasteiger partial charge in [0.1, 0.15) is 17.8 Å². The summed E-state index contributed by atoms with van der Waals surface area (Å²) in [5, 5.41) is 3.16. The van der Waals surface area contributed by atoms with Crippen LogP contribution in [-0.2, 0) is 0 Å². The van der Waals surface area contributed by atoms with Crippen LogP contribution in [-0.4, -0.2) is 15.9 Å². The smallest absolute Gasteiger partial charge is 0.272 e. The van der Waals surface area contributed by atoms with Crippen molar-refractivity contribution in [3.8, 4) is 0 Å². The molecule has 0 fully saturated rings. The molecule has 3 rings (SSSR count). The van der Waals surface area contributed by atoms with Crippen molar-refractivity contribution in [1.29, 1.82) is 0 Å². The molecule has 0 aliphatic heterocycles. The van der Waals surface area contributed by atoms with Crippen molar-refractivity contribution in [2.75, 3.05) is 16.5 Å². The second kappa shape index (κ2) is 7.69. The lowest BCUT2D eigenvalue weighted by atomic mass is 10.1. The minimum absolute atomic E-state index is 0.0913. The lowest BCUT2D eigenvalue weighted by Gasteiger charge is -2.14. The molecule has 0 bridgehead atoms. The van der Waals surface area contributed by atoms with Gasteiger partial charge in [-0.15, -0.1) is 0 Å². The number of benzene rings is 2. The molecule has 0 aliphatic carbocycles. The third-order valence-electron chi connectivity index (χ3n) is 3.94. The largest absolute Gasteiger partial charge is 0.393 e. The van der Waals surface area contributed by atoms with Crippen LogP contribution in [0.15, 0.2) is 48.8 Å². The third kappa shape index (κ3) is 4.12. The fourth-order valence-corrected chi connectivity index (χ4v) is 2.42. The molecule has 27 heavy (non-hydrogen) atoms. The summed E-state index contributed by atoms with van der Waals surface area (Å²) in [6.45, 7) is 3.95. The molecule has 2 aromatic carbocycles. The summed E-state index contributed by atoms with van der Waals surface area (Å²) in [7, 11) is 0. The van der Waals surface area contributed by atoms with Crippen LogP contribution >= 0.6 is 0 Å². The van der Waals surface area contributed by atoms with E-state index in [4.69, 9.17) is 5.73 Å². The number of aromatic nitrogens is 2. The summed E-state index contributed by atoms with van der Waals surface area (Å²) in [5.74, 6) is -0.677. The van der Waals surface area contributed by atoms with Crippen molar-refractivity contribution in [2.24, 2.45) is 0 Å². The van der Waals surface area contributed by atoms with Gasteiger partial charge in [0, 0.05) is 5.69 Å². The number of amides is 1. The predicted molar refractivity (Wildman–Crippen MR) is 103 cm³/mol. The van der Waals surface area contributed by atoms with Crippen LogP contribution in [0.3, 0.4) is 0 Å². The van der Waals surface area contributed by atoms with Gasteiger partial charge >= 0.3 is 0 Å². The van der Waals surface area contributed by atoms with Gasteiger partial charge in [0.25, 0.3) is 5.91 Å². The number of aryl methyl sites for hydroxylation is 2. The Hall–Kier alpha value is -3.68. The molecule has 0 aliphatic rings. The predicted octanol–water partition coefficient (Wildman–Crippen LogP) is 3.32. The van der Waals surface area contributed by atoms with E-state index in [0.29, 0.717) is 5.82 Å². The molecule has 3 aromatic rings. The zero-order valence-corrected chi connectivity index (χ0v) is 14.9. The number of nitrogens with zero attached hydrogens (tertiary/aromatic N) is 2. The number of carbonyl (C=O) groups is 1. The number of anilines is 4. The first kappa shape index (κ1) is 18.1. The van der Waals surface area contributed by atoms with Gasteiger partial charge in [0.15, 0.2) is 11.6 Å². The number of rotatable bonds is 5. The van der Waals surface area contributed by atoms with E-state index >= 15 is 0 Å². The van der Waals surface area contributed by atoms with Crippen LogP contribution in [0.5, 0.6) is 0 Å². The van der Waals surface area contributed by atoms with Crippen LogP contribution in [0.1, 0.15) is 21.5 Å². The number of hydrogen-bond acceptors (Lipinski definition) is 6. The Balaban J connectivity index is 1.76. The Bertz CT molecular complexity index is 992. The van der Waals surface area contributed by atoms with Gasteiger partial charge in [-0.1, -0.05) is 24.3 Å².